The van der Waals surface area contributed by atoms with Gasteiger partial charge in [-0.1, -0.05) is 0 Å². The molecule has 0 spiro atoms. The average molecular weight is 323 g/mol. The van der Waals surface area contributed by atoms with Crippen LogP contribution in [0.15, 0.2) is 5.51 Å². The first-order valence-corrected chi connectivity index (χ1v) is 8.52. The zero-order valence-electron chi connectivity index (χ0n) is 14.0. The molecule has 0 aliphatic carbocycles. The summed E-state index contributed by atoms with van der Waals surface area (Å²) in [5, 5.41) is 0. The quantitative estimate of drug-likeness (QED) is 0.852. The minimum Gasteiger partial charge on any atom is -0.345 e. The number of aromatic nitrogens is 1. The lowest BCUT2D eigenvalue weighted by Gasteiger charge is -2.32. The number of nitrogens with zero attached hydrogens (tertiary/aromatic N) is 3. The molecule has 1 fully saturated rings. The number of carbonyl (C=O) groups is 2. The Hall–Kier alpha value is -1.43. The average Bonchev–Trinajstić information content (AvgIpc) is 3.00. The number of aryl methyl sites for hydroxylation is 1. The summed E-state index contributed by atoms with van der Waals surface area (Å²) in [6.07, 6.45) is 1.16. The van der Waals surface area contributed by atoms with E-state index < -0.39 is 0 Å². The molecule has 1 aromatic rings. The molecule has 0 aromatic carbocycles. The van der Waals surface area contributed by atoms with E-state index in [9.17, 15) is 9.59 Å². The monoisotopic (exact) mass is 323 g/mol. The number of thiazole rings is 1. The second-order valence-electron chi connectivity index (χ2n) is 6.95. The fourth-order valence-electron chi connectivity index (χ4n) is 2.78. The summed E-state index contributed by atoms with van der Waals surface area (Å²) in [7, 11) is 1.82. The van der Waals surface area contributed by atoms with Gasteiger partial charge in [0.1, 0.15) is 0 Å². The lowest BCUT2D eigenvalue weighted by atomic mass is 10.1. The fourth-order valence-corrected chi connectivity index (χ4v) is 3.55. The first kappa shape index (κ1) is 16.9. The van der Waals surface area contributed by atoms with Crippen molar-refractivity contribution in [1.29, 1.82) is 0 Å². The van der Waals surface area contributed by atoms with Crippen molar-refractivity contribution in [1.82, 2.24) is 14.8 Å². The predicted molar refractivity (Wildman–Crippen MR) is 87.8 cm³/mol. The van der Waals surface area contributed by atoms with E-state index in [1.165, 1.54) is 4.88 Å². The molecule has 2 heterocycles. The van der Waals surface area contributed by atoms with Gasteiger partial charge in [0.25, 0.3) is 0 Å². The molecule has 2 amide bonds. The van der Waals surface area contributed by atoms with Crippen LogP contribution in [0.25, 0.3) is 0 Å². The van der Waals surface area contributed by atoms with Gasteiger partial charge in [-0.25, -0.2) is 4.98 Å². The van der Waals surface area contributed by atoms with Gasteiger partial charge in [-0.05, 0) is 27.7 Å². The highest BCUT2D eigenvalue weighted by Gasteiger charge is 2.40. The molecule has 1 atom stereocenters. The molecule has 0 saturated carbocycles. The second-order valence-corrected chi connectivity index (χ2v) is 7.89. The van der Waals surface area contributed by atoms with Crippen molar-refractivity contribution in [2.45, 2.75) is 46.1 Å². The highest BCUT2D eigenvalue weighted by Crippen LogP contribution is 2.27. The number of hydrogen-bond acceptors (Lipinski definition) is 4. The summed E-state index contributed by atoms with van der Waals surface area (Å²) in [4.78, 5) is 33.7. The molecule has 5 nitrogen and oxygen atoms in total. The van der Waals surface area contributed by atoms with Crippen molar-refractivity contribution in [2.24, 2.45) is 5.92 Å². The van der Waals surface area contributed by atoms with E-state index in [1.54, 1.807) is 16.2 Å². The normalized spacial score (nSPS) is 18.9. The van der Waals surface area contributed by atoms with Crippen LogP contribution in [0.4, 0.5) is 0 Å². The Balaban J connectivity index is 1.91. The number of likely N-dealkylation sites (N-methyl/N-ethyl adjacent to an activating group) is 1. The van der Waals surface area contributed by atoms with Crippen LogP contribution in [0.1, 0.15) is 37.8 Å². The van der Waals surface area contributed by atoms with Crippen molar-refractivity contribution in [3.05, 3.63) is 16.1 Å². The zero-order chi connectivity index (χ0) is 16.5. The van der Waals surface area contributed by atoms with Gasteiger partial charge in [-0.3, -0.25) is 9.59 Å². The van der Waals surface area contributed by atoms with Gasteiger partial charge in [0.05, 0.1) is 17.1 Å². The zero-order valence-corrected chi connectivity index (χ0v) is 14.9. The van der Waals surface area contributed by atoms with E-state index in [-0.39, 0.29) is 23.3 Å². The van der Waals surface area contributed by atoms with E-state index >= 15 is 0 Å². The fraction of sp³-hybridized carbons (Fsp3) is 0.688. The maximum atomic E-state index is 12.5. The van der Waals surface area contributed by atoms with Gasteiger partial charge in [0.15, 0.2) is 0 Å². The molecule has 1 aliphatic rings. The third kappa shape index (κ3) is 3.66. The third-order valence-electron chi connectivity index (χ3n) is 4.18. The molecular formula is C16H25N3O2S. The van der Waals surface area contributed by atoms with Crippen LogP contribution in [0, 0.1) is 12.8 Å². The van der Waals surface area contributed by atoms with Gasteiger partial charge in [0.2, 0.25) is 11.8 Å². The molecule has 1 aromatic heterocycles. The lowest BCUT2D eigenvalue weighted by molar-refractivity contribution is -0.134. The number of likely N-dealkylation sites (tertiary alicyclic amines) is 1. The van der Waals surface area contributed by atoms with Crippen molar-refractivity contribution >= 4 is 23.2 Å². The molecule has 0 radical (unpaired) electrons. The lowest BCUT2D eigenvalue weighted by Crippen LogP contribution is -2.43. The summed E-state index contributed by atoms with van der Waals surface area (Å²) in [6.45, 7) is 9.22. The topological polar surface area (TPSA) is 53.5 Å². The van der Waals surface area contributed by atoms with Gasteiger partial charge in [0, 0.05) is 43.4 Å². The minimum atomic E-state index is -0.218. The van der Waals surface area contributed by atoms with Crippen molar-refractivity contribution < 1.29 is 9.59 Å². The predicted octanol–water partition coefficient (Wildman–Crippen LogP) is 2.10. The van der Waals surface area contributed by atoms with E-state index in [2.05, 4.69) is 4.98 Å². The number of carbonyl (C=O) groups excluding carboxylic acids is 2. The smallest absolute Gasteiger partial charge is 0.227 e. The molecular weight excluding hydrogens is 298 g/mol. The van der Waals surface area contributed by atoms with Gasteiger partial charge in [-0.2, -0.15) is 0 Å². The summed E-state index contributed by atoms with van der Waals surface area (Å²) < 4.78 is 0. The minimum absolute atomic E-state index is 0.0715. The van der Waals surface area contributed by atoms with Gasteiger partial charge in [-0.15, -0.1) is 11.3 Å². The number of amides is 2. The van der Waals surface area contributed by atoms with E-state index in [0.717, 1.165) is 12.1 Å². The van der Waals surface area contributed by atoms with E-state index in [4.69, 9.17) is 0 Å². The summed E-state index contributed by atoms with van der Waals surface area (Å²) in [5.41, 5.74) is 2.66. The van der Waals surface area contributed by atoms with Crippen LogP contribution < -0.4 is 0 Å². The second kappa shape index (κ2) is 6.36. The Morgan fingerprint density at radius 3 is 2.68 bits per heavy atom. The largest absolute Gasteiger partial charge is 0.345 e. The highest BCUT2D eigenvalue weighted by molar-refractivity contribution is 7.09. The molecule has 1 aliphatic heterocycles. The molecule has 6 heteroatoms. The Kier molecular flexibility index (Phi) is 4.90. The SMILES string of the molecule is Cc1ncsc1CCN(C)C(=O)[C@@H]1CC(=O)N(C(C)(C)C)C1. The van der Waals surface area contributed by atoms with Crippen molar-refractivity contribution in [2.75, 3.05) is 20.1 Å². The van der Waals surface area contributed by atoms with Crippen molar-refractivity contribution in [3.8, 4) is 0 Å². The first-order chi connectivity index (χ1) is 10.2. The first-order valence-electron chi connectivity index (χ1n) is 7.64. The highest BCUT2D eigenvalue weighted by atomic mass is 32.1. The van der Waals surface area contributed by atoms with Crippen LogP contribution >= 0.6 is 11.3 Å². The van der Waals surface area contributed by atoms with Crippen molar-refractivity contribution in [3.63, 3.8) is 0 Å². The molecule has 122 valence electrons. The third-order valence-corrected chi connectivity index (χ3v) is 5.17. The summed E-state index contributed by atoms with van der Waals surface area (Å²) >= 11 is 1.63. The number of hydrogen-bond donors (Lipinski definition) is 0. The molecule has 0 N–H and O–H groups in total. The molecule has 1 saturated heterocycles. The maximum absolute atomic E-state index is 12.5. The molecule has 0 bridgehead atoms. The summed E-state index contributed by atoms with van der Waals surface area (Å²) in [6, 6.07) is 0. The maximum Gasteiger partial charge on any atom is 0.227 e. The van der Waals surface area contributed by atoms with E-state index in [1.807, 2.05) is 45.2 Å². The Bertz CT molecular complexity index is 562. The Morgan fingerprint density at radius 2 is 2.18 bits per heavy atom. The molecule has 2 rings (SSSR count). The van der Waals surface area contributed by atoms with Gasteiger partial charge < -0.3 is 9.80 Å². The number of rotatable bonds is 4. The summed E-state index contributed by atoms with van der Waals surface area (Å²) in [5.74, 6) is -0.0564. The van der Waals surface area contributed by atoms with Crippen LogP contribution in [-0.2, 0) is 16.0 Å². The molecule has 22 heavy (non-hydrogen) atoms. The molecule has 0 unspecified atom stereocenters. The van der Waals surface area contributed by atoms with Crippen LogP contribution in [-0.4, -0.2) is 52.3 Å². The van der Waals surface area contributed by atoms with Crippen LogP contribution in [0.2, 0.25) is 0 Å². The Labute approximate surface area is 136 Å². The Morgan fingerprint density at radius 1 is 1.50 bits per heavy atom. The van der Waals surface area contributed by atoms with Crippen LogP contribution in [0.5, 0.6) is 0 Å². The van der Waals surface area contributed by atoms with Crippen LogP contribution in [0.3, 0.4) is 0 Å². The standard InChI is InChI=1S/C16H25N3O2S/c1-11-13(22-10-17-11)6-7-18(5)15(21)12-8-14(20)19(9-12)16(2,3)4/h10,12H,6-9H2,1-5H3/t12-/m1/s1. The van der Waals surface area contributed by atoms with Gasteiger partial charge >= 0.3 is 0 Å². The van der Waals surface area contributed by atoms with E-state index in [0.29, 0.717) is 19.5 Å².